The maximum absolute atomic E-state index is 12.9. The summed E-state index contributed by atoms with van der Waals surface area (Å²) >= 11 is 1.32. The number of nitrogens with one attached hydrogen (secondary N) is 1. The molecule has 0 spiro atoms. The summed E-state index contributed by atoms with van der Waals surface area (Å²) in [5.41, 5.74) is 0.387. The summed E-state index contributed by atoms with van der Waals surface area (Å²) in [7, 11) is 1.35. The van der Waals surface area contributed by atoms with E-state index in [1.165, 1.54) is 37.5 Å². The Kier molecular flexibility index (Phi) is 5.31. The predicted molar refractivity (Wildman–Crippen MR) is 119 cm³/mol. The number of thiazole rings is 1. The van der Waals surface area contributed by atoms with Gasteiger partial charge in [0.05, 0.1) is 15.9 Å². The minimum atomic E-state index is -3.70. The highest BCUT2D eigenvalue weighted by Gasteiger charge is 2.41. The summed E-state index contributed by atoms with van der Waals surface area (Å²) in [6, 6.07) is 4.67. The monoisotopic (exact) mass is 463 g/mol. The van der Waals surface area contributed by atoms with Crippen molar-refractivity contribution in [2.24, 2.45) is 7.05 Å². The Morgan fingerprint density at radius 3 is 2.65 bits per heavy atom. The molecule has 4 rings (SSSR count). The Bertz CT molecular complexity index is 1330. The van der Waals surface area contributed by atoms with Crippen molar-refractivity contribution in [1.82, 2.24) is 23.7 Å². The van der Waals surface area contributed by atoms with E-state index in [0.29, 0.717) is 29.0 Å². The first-order valence-electron chi connectivity index (χ1n) is 9.91. The van der Waals surface area contributed by atoms with Gasteiger partial charge < -0.3 is 4.90 Å². The molecule has 9 nitrogen and oxygen atoms in total. The molecule has 2 aromatic heterocycles. The van der Waals surface area contributed by atoms with Gasteiger partial charge in [0.25, 0.3) is 0 Å². The van der Waals surface area contributed by atoms with Crippen LogP contribution in [0.2, 0.25) is 0 Å². The van der Waals surface area contributed by atoms with Gasteiger partial charge in [0.1, 0.15) is 0 Å². The quantitative estimate of drug-likeness (QED) is 0.573. The van der Waals surface area contributed by atoms with E-state index in [0.717, 1.165) is 17.7 Å². The average molecular weight is 464 g/mol. The van der Waals surface area contributed by atoms with E-state index in [-0.39, 0.29) is 16.5 Å². The Morgan fingerprint density at radius 1 is 1.29 bits per heavy atom. The largest absolute Gasteiger partial charge is 0.349 e. The number of aryl methyl sites for hydroxylation is 2. The van der Waals surface area contributed by atoms with Gasteiger partial charge in [0.2, 0.25) is 15.9 Å². The van der Waals surface area contributed by atoms with Crippen LogP contribution in [0, 0.1) is 0 Å². The molecule has 31 heavy (non-hydrogen) atoms. The van der Waals surface area contributed by atoms with Crippen LogP contribution in [0.3, 0.4) is 0 Å². The van der Waals surface area contributed by atoms with Gasteiger partial charge in [-0.25, -0.2) is 27.5 Å². The summed E-state index contributed by atoms with van der Waals surface area (Å²) in [4.78, 5) is 31.7. The van der Waals surface area contributed by atoms with Crippen LogP contribution < -0.4 is 10.4 Å². The van der Waals surface area contributed by atoms with Crippen molar-refractivity contribution >= 4 is 38.3 Å². The van der Waals surface area contributed by atoms with Crippen molar-refractivity contribution in [3.8, 4) is 5.13 Å². The average Bonchev–Trinajstić information content (AvgIpc) is 3.14. The second-order valence-corrected chi connectivity index (χ2v) is 11.2. The van der Waals surface area contributed by atoms with Crippen LogP contribution in [0.1, 0.15) is 31.1 Å². The Labute approximate surface area is 184 Å². The molecule has 0 unspecified atom stereocenters. The topological polar surface area (TPSA) is 106 Å². The maximum Gasteiger partial charge on any atom is 0.335 e. The third-order valence-corrected chi connectivity index (χ3v) is 8.21. The summed E-state index contributed by atoms with van der Waals surface area (Å²) in [6.07, 6.45) is 4.15. The molecule has 0 radical (unpaired) electrons. The van der Waals surface area contributed by atoms with E-state index < -0.39 is 15.6 Å². The molecule has 1 aromatic carbocycles. The molecule has 1 aliphatic rings. The summed E-state index contributed by atoms with van der Waals surface area (Å²) in [5.74, 6) is 0.0176. The predicted octanol–water partition coefficient (Wildman–Crippen LogP) is 1.64. The van der Waals surface area contributed by atoms with Crippen LogP contribution in [0.5, 0.6) is 0 Å². The van der Waals surface area contributed by atoms with Crippen molar-refractivity contribution in [3.63, 3.8) is 0 Å². The highest BCUT2D eigenvalue weighted by molar-refractivity contribution is 7.89. The van der Waals surface area contributed by atoms with Crippen molar-refractivity contribution in [2.75, 3.05) is 14.1 Å². The maximum atomic E-state index is 12.9. The van der Waals surface area contributed by atoms with Gasteiger partial charge in [-0.2, -0.15) is 0 Å². The first kappa shape index (κ1) is 21.7. The number of sulfonamides is 1. The van der Waals surface area contributed by atoms with Crippen LogP contribution in [-0.4, -0.2) is 53.0 Å². The number of nitrogens with zero attached hydrogens (tertiary/aromatic N) is 4. The molecule has 1 N–H and O–H groups in total. The molecule has 11 heteroatoms. The molecule has 3 aromatic rings. The zero-order chi connectivity index (χ0) is 22.6. The van der Waals surface area contributed by atoms with E-state index in [1.807, 2.05) is 6.92 Å². The molecular weight excluding hydrogens is 438 g/mol. The lowest BCUT2D eigenvalue weighted by molar-refractivity contribution is -0.128. The number of hydrogen-bond donors (Lipinski definition) is 1. The minimum absolute atomic E-state index is 0.0176. The summed E-state index contributed by atoms with van der Waals surface area (Å²) in [5, 5.41) is 0.444. The van der Waals surface area contributed by atoms with Gasteiger partial charge in [0.15, 0.2) is 5.13 Å². The van der Waals surface area contributed by atoms with Crippen LogP contribution in [0.4, 0.5) is 0 Å². The fraction of sp³-hybridized carbons (Fsp3) is 0.450. The third kappa shape index (κ3) is 4.17. The van der Waals surface area contributed by atoms with Crippen molar-refractivity contribution in [3.05, 3.63) is 39.8 Å². The highest BCUT2D eigenvalue weighted by Crippen LogP contribution is 2.36. The number of carbonyl (C=O) groups is 1. The lowest BCUT2D eigenvalue weighted by atomic mass is 10.2. The van der Waals surface area contributed by atoms with Crippen molar-refractivity contribution < 1.29 is 13.2 Å². The van der Waals surface area contributed by atoms with Crippen LogP contribution in [0.25, 0.3) is 16.2 Å². The van der Waals surface area contributed by atoms with Gasteiger partial charge in [-0.1, -0.05) is 0 Å². The molecule has 2 heterocycles. The Hall–Kier alpha value is -2.50. The van der Waals surface area contributed by atoms with Crippen molar-refractivity contribution in [2.45, 2.75) is 43.0 Å². The molecule has 166 valence electrons. The molecule has 1 saturated carbocycles. The number of imidazole rings is 1. The molecular formula is C20H25N5O4S2. The van der Waals surface area contributed by atoms with E-state index in [4.69, 9.17) is 0 Å². The number of rotatable bonds is 7. The number of amides is 1. The zero-order valence-electron chi connectivity index (χ0n) is 17.9. The molecule has 1 amide bonds. The fourth-order valence-electron chi connectivity index (χ4n) is 3.32. The zero-order valence-corrected chi connectivity index (χ0v) is 19.5. The SMILES string of the molecule is CN(C)C(=O)CCc1cnc(-n2c(=O)n(C)c3ccc(S(=O)(=O)NC4(C)CC4)cc32)s1. The van der Waals surface area contributed by atoms with Crippen LogP contribution >= 0.6 is 11.3 Å². The number of aromatic nitrogens is 3. The third-order valence-electron chi connectivity index (χ3n) is 5.54. The number of hydrogen-bond acceptors (Lipinski definition) is 6. The fourth-order valence-corrected chi connectivity index (χ4v) is 5.72. The van der Waals surface area contributed by atoms with Gasteiger partial charge in [-0.3, -0.25) is 9.36 Å². The summed E-state index contributed by atoms with van der Waals surface area (Å²) < 4.78 is 31.3. The number of carbonyl (C=O) groups excluding carboxylic acids is 1. The second kappa shape index (κ2) is 7.57. The molecule has 0 atom stereocenters. The standard InChI is InChI=1S/C20H25N5O4S2/c1-20(9-10-20)22-31(28,29)14-6-7-15-16(11-14)25(19(27)24(15)4)18-21-12-13(30-18)5-8-17(26)23(2)3/h6-7,11-12,22H,5,8-10H2,1-4H3. The number of benzene rings is 1. The van der Waals surface area contributed by atoms with E-state index in [2.05, 4.69) is 9.71 Å². The Morgan fingerprint density at radius 2 is 2.00 bits per heavy atom. The first-order chi connectivity index (χ1) is 14.5. The van der Waals surface area contributed by atoms with E-state index in [9.17, 15) is 18.0 Å². The van der Waals surface area contributed by atoms with Gasteiger partial charge >= 0.3 is 5.69 Å². The lowest BCUT2D eigenvalue weighted by Crippen LogP contribution is -2.34. The molecule has 0 aliphatic heterocycles. The lowest BCUT2D eigenvalue weighted by Gasteiger charge is -2.12. The molecule has 0 bridgehead atoms. The minimum Gasteiger partial charge on any atom is -0.349 e. The van der Waals surface area contributed by atoms with E-state index in [1.54, 1.807) is 33.4 Å². The van der Waals surface area contributed by atoms with Gasteiger partial charge in [-0.05, 0) is 44.4 Å². The molecule has 1 fully saturated rings. The normalized spacial score (nSPS) is 15.4. The molecule has 0 saturated heterocycles. The van der Waals surface area contributed by atoms with Gasteiger partial charge in [-0.15, -0.1) is 11.3 Å². The number of fused-ring (bicyclic) bond motifs is 1. The van der Waals surface area contributed by atoms with Crippen LogP contribution in [0.15, 0.2) is 34.1 Å². The Balaban J connectivity index is 1.72. The highest BCUT2D eigenvalue weighted by atomic mass is 32.2. The summed E-state index contributed by atoms with van der Waals surface area (Å²) in [6.45, 7) is 1.87. The van der Waals surface area contributed by atoms with Gasteiger partial charge in [0, 0.05) is 44.2 Å². The van der Waals surface area contributed by atoms with E-state index >= 15 is 0 Å². The molecule has 1 aliphatic carbocycles. The smallest absolute Gasteiger partial charge is 0.335 e. The second-order valence-electron chi connectivity index (χ2n) is 8.39. The first-order valence-corrected chi connectivity index (χ1v) is 12.2. The van der Waals surface area contributed by atoms with Crippen LogP contribution in [-0.2, 0) is 28.3 Å². The van der Waals surface area contributed by atoms with Crippen molar-refractivity contribution in [1.29, 1.82) is 0 Å².